The Morgan fingerprint density at radius 3 is 2.70 bits per heavy atom. The molecule has 4 nitrogen and oxygen atoms in total. The first kappa shape index (κ1) is 15.2. The van der Waals surface area contributed by atoms with E-state index >= 15 is 0 Å². The smallest absolute Gasteiger partial charge is 0.141 e. The van der Waals surface area contributed by atoms with Crippen molar-refractivity contribution >= 4 is 5.82 Å². The van der Waals surface area contributed by atoms with Crippen LogP contribution < -0.4 is 10.2 Å². The van der Waals surface area contributed by atoms with Crippen molar-refractivity contribution in [2.75, 3.05) is 45.7 Å². The summed E-state index contributed by atoms with van der Waals surface area (Å²) in [5, 5.41) is 3.09. The number of aromatic nitrogens is 1. The Hall–Kier alpha value is -1.20. The average Bonchev–Trinajstić information content (AvgIpc) is 2.40. The Kier molecular flexibility index (Phi) is 5.31. The first-order chi connectivity index (χ1) is 9.60. The summed E-state index contributed by atoms with van der Waals surface area (Å²) in [5.41, 5.74) is 0.943. The van der Waals surface area contributed by atoms with Gasteiger partial charge in [0.05, 0.1) is 6.20 Å². The van der Waals surface area contributed by atoms with E-state index in [-0.39, 0.29) is 5.82 Å². The molecule has 1 aliphatic heterocycles. The molecular formula is C15H25FN4. The molecule has 0 spiro atoms. The second-order valence-electron chi connectivity index (χ2n) is 5.86. The molecule has 1 aliphatic rings. The summed E-state index contributed by atoms with van der Waals surface area (Å²) in [5.74, 6) is 1.43. The molecule has 0 bridgehead atoms. The molecule has 0 unspecified atom stereocenters. The van der Waals surface area contributed by atoms with Crippen LogP contribution in [0.2, 0.25) is 0 Å². The lowest BCUT2D eigenvalue weighted by Crippen LogP contribution is -2.38. The Morgan fingerprint density at radius 2 is 2.10 bits per heavy atom. The van der Waals surface area contributed by atoms with E-state index in [2.05, 4.69) is 34.2 Å². The van der Waals surface area contributed by atoms with E-state index in [1.807, 2.05) is 7.05 Å². The van der Waals surface area contributed by atoms with Gasteiger partial charge in [0.25, 0.3) is 0 Å². The Labute approximate surface area is 121 Å². The van der Waals surface area contributed by atoms with Gasteiger partial charge in [-0.15, -0.1) is 0 Å². The van der Waals surface area contributed by atoms with Gasteiger partial charge in [-0.1, -0.05) is 0 Å². The van der Waals surface area contributed by atoms with Crippen LogP contribution in [0.3, 0.4) is 0 Å². The first-order valence-corrected chi connectivity index (χ1v) is 7.29. The Balaban J connectivity index is 2.03. The minimum Gasteiger partial charge on any atom is -0.356 e. The SMILES string of the molecule is CNCc1cc(F)cnc1N1CCC(CN(C)C)CC1. The largest absolute Gasteiger partial charge is 0.356 e. The van der Waals surface area contributed by atoms with Gasteiger partial charge in [0.15, 0.2) is 0 Å². The normalized spacial score (nSPS) is 16.9. The van der Waals surface area contributed by atoms with Gasteiger partial charge in [0.2, 0.25) is 0 Å². The molecule has 0 aromatic carbocycles. The van der Waals surface area contributed by atoms with Crippen molar-refractivity contribution in [3.05, 3.63) is 23.6 Å². The second kappa shape index (κ2) is 6.99. The van der Waals surface area contributed by atoms with Gasteiger partial charge >= 0.3 is 0 Å². The number of pyridine rings is 1. The van der Waals surface area contributed by atoms with Gasteiger partial charge in [0.1, 0.15) is 11.6 Å². The predicted octanol–water partition coefficient (Wildman–Crippen LogP) is 1.72. The van der Waals surface area contributed by atoms with Crippen LogP contribution in [-0.4, -0.2) is 50.7 Å². The average molecular weight is 280 g/mol. The molecule has 1 aromatic rings. The van der Waals surface area contributed by atoms with E-state index in [4.69, 9.17) is 0 Å². The van der Waals surface area contributed by atoms with Crippen molar-refractivity contribution < 1.29 is 4.39 Å². The number of hydrogen-bond acceptors (Lipinski definition) is 4. The van der Waals surface area contributed by atoms with Crippen molar-refractivity contribution in [1.82, 2.24) is 15.2 Å². The Morgan fingerprint density at radius 1 is 1.40 bits per heavy atom. The zero-order valence-electron chi connectivity index (χ0n) is 12.7. The predicted molar refractivity (Wildman–Crippen MR) is 80.4 cm³/mol. The van der Waals surface area contributed by atoms with Crippen molar-refractivity contribution in [2.24, 2.45) is 5.92 Å². The van der Waals surface area contributed by atoms with Gasteiger partial charge in [0, 0.05) is 31.7 Å². The lowest BCUT2D eigenvalue weighted by molar-refractivity contribution is 0.284. The highest BCUT2D eigenvalue weighted by Gasteiger charge is 2.22. The number of piperidine rings is 1. The molecule has 1 N–H and O–H groups in total. The molecule has 0 saturated carbocycles. The lowest BCUT2D eigenvalue weighted by Gasteiger charge is -2.34. The van der Waals surface area contributed by atoms with Crippen molar-refractivity contribution in [3.8, 4) is 0 Å². The van der Waals surface area contributed by atoms with E-state index in [1.165, 1.54) is 19.0 Å². The number of anilines is 1. The van der Waals surface area contributed by atoms with Crippen LogP contribution in [-0.2, 0) is 6.54 Å². The third-order valence-corrected chi connectivity index (χ3v) is 3.81. The highest BCUT2D eigenvalue weighted by Crippen LogP contribution is 2.25. The van der Waals surface area contributed by atoms with E-state index in [1.54, 1.807) is 6.07 Å². The lowest BCUT2D eigenvalue weighted by atomic mass is 9.96. The Bertz CT molecular complexity index is 428. The van der Waals surface area contributed by atoms with Gasteiger partial charge in [-0.3, -0.25) is 0 Å². The summed E-state index contributed by atoms with van der Waals surface area (Å²) in [6, 6.07) is 1.59. The van der Waals surface area contributed by atoms with Gasteiger partial charge in [-0.2, -0.15) is 0 Å². The first-order valence-electron chi connectivity index (χ1n) is 7.29. The molecular weight excluding hydrogens is 255 g/mol. The molecule has 5 heteroatoms. The summed E-state index contributed by atoms with van der Waals surface area (Å²) >= 11 is 0. The number of halogens is 1. The van der Waals surface area contributed by atoms with E-state index in [0.717, 1.165) is 36.9 Å². The number of nitrogens with zero attached hydrogens (tertiary/aromatic N) is 3. The maximum absolute atomic E-state index is 13.3. The molecule has 2 rings (SSSR count). The zero-order valence-corrected chi connectivity index (χ0v) is 12.7. The third kappa shape index (κ3) is 3.90. The van der Waals surface area contributed by atoms with Gasteiger partial charge < -0.3 is 15.1 Å². The minimum absolute atomic E-state index is 0.263. The standard InChI is InChI=1S/C15H25FN4/c1-17-9-13-8-14(16)10-18-15(13)20-6-4-12(5-7-20)11-19(2)3/h8,10,12,17H,4-7,9,11H2,1-3H3. The van der Waals surface area contributed by atoms with Gasteiger partial charge in [-0.05, 0) is 46.0 Å². The maximum Gasteiger partial charge on any atom is 0.141 e. The van der Waals surface area contributed by atoms with Crippen LogP contribution in [0.4, 0.5) is 10.2 Å². The maximum atomic E-state index is 13.3. The molecule has 1 saturated heterocycles. The topological polar surface area (TPSA) is 31.4 Å². The highest BCUT2D eigenvalue weighted by molar-refractivity contribution is 5.47. The fourth-order valence-electron chi connectivity index (χ4n) is 2.92. The van der Waals surface area contributed by atoms with Crippen LogP contribution >= 0.6 is 0 Å². The van der Waals surface area contributed by atoms with Crippen molar-refractivity contribution in [1.29, 1.82) is 0 Å². The minimum atomic E-state index is -0.263. The number of nitrogens with one attached hydrogen (secondary N) is 1. The molecule has 1 aromatic heterocycles. The summed E-state index contributed by atoms with van der Waals surface area (Å²) in [7, 11) is 6.12. The van der Waals surface area contributed by atoms with E-state index < -0.39 is 0 Å². The van der Waals surface area contributed by atoms with E-state index in [0.29, 0.717) is 6.54 Å². The second-order valence-corrected chi connectivity index (χ2v) is 5.86. The van der Waals surface area contributed by atoms with E-state index in [9.17, 15) is 4.39 Å². The fraction of sp³-hybridized carbons (Fsp3) is 0.667. The summed E-state index contributed by atoms with van der Waals surface area (Å²) in [6.07, 6.45) is 3.67. The van der Waals surface area contributed by atoms with Crippen molar-refractivity contribution in [2.45, 2.75) is 19.4 Å². The van der Waals surface area contributed by atoms with Crippen LogP contribution in [0.25, 0.3) is 0 Å². The molecule has 1 fully saturated rings. The summed E-state index contributed by atoms with van der Waals surface area (Å²) in [6.45, 7) is 3.81. The fourth-order valence-corrected chi connectivity index (χ4v) is 2.92. The van der Waals surface area contributed by atoms with Crippen molar-refractivity contribution in [3.63, 3.8) is 0 Å². The van der Waals surface area contributed by atoms with Crippen LogP contribution in [0.5, 0.6) is 0 Å². The zero-order chi connectivity index (χ0) is 14.5. The highest BCUT2D eigenvalue weighted by atomic mass is 19.1. The van der Waals surface area contributed by atoms with Crippen LogP contribution in [0.1, 0.15) is 18.4 Å². The molecule has 2 heterocycles. The molecule has 112 valence electrons. The number of rotatable bonds is 5. The van der Waals surface area contributed by atoms with Crippen LogP contribution in [0, 0.1) is 11.7 Å². The third-order valence-electron chi connectivity index (χ3n) is 3.81. The molecule has 0 atom stereocenters. The van der Waals surface area contributed by atoms with Crippen LogP contribution in [0.15, 0.2) is 12.3 Å². The number of hydrogen-bond donors (Lipinski definition) is 1. The molecule has 0 radical (unpaired) electrons. The van der Waals surface area contributed by atoms with Gasteiger partial charge in [-0.25, -0.2) is 9.37 Å². The quantitative estimate of drug-likeness (QED) is 0.890. The molecule has 0 aliphatic carbocycles. The molecule has 0 amide bonds. The summed E-state index contributed by atoms with van der Waals surface area (Å²) in [4.78, 5) is 8.85. The summed E-state index contributed by atoms with van der Waals surface area (Å²) < 4.78 is 13.3. The monoisotopic (exact) mass is 280 g/mol. The molecule has 20 heavy (non-hydrogen) atoms.